The summed E-state index contributed by atoms with van der Waals surface area (Å²) in [5.41, 5.74) is 2.49. The minimum absolute atomic E-state index is 0.364. The molecule has 4 rings (SSSR count). The number of aromatic amines is 1. The Hall–Kier alpha value is -2.06. The van der Waals surface area contributed by atoms with Gasteiger partial charge >= 0.3 is 0 Å². The van der Waals surface area contributed by atoms with Crippen molar-refractivity contribution >= 4 is 34.7 Å². The zero-order chi connectivity index (χ0) is 13.5. The van der Waals surface area contributed by atoms with Crippen LogP contribution in [0.4, 0.5) is 0 Å². The zero-order valence-electron chi connectivity index (χ0n) is 10.8. The van der Waals surface area contributed by atoms with Crippen molar-refractivity contribution in [3.63, 3.8) is 0 Å². The lowest BCUT2D eigenvalue weighted by Crippen LogP contribution is -2.30. The van der Waals surface area contributed by atoms with Crippen LogP contribution in [0.1, 0.15) is 17.9 Å². The van der Waals surface area contributed by atoms with Crippen LogP contribution >= 0.6 is 11.6 Å². The van der Waals surface area contributed by atoms with Crippen LogP contribution in [0.15, 0.2) is 42.7 Å². The summed E-state index contributed by atoms with van der Waals surface area (Å²) in [5.74, 6) is 0.364. The van der Waals surface area contributed by atoms with E-state index in [2.05, 4.69) is 46.4 Å². The topological polar surface area (TPSA) is 28.7 Å². The molecule has 0 saturated heterocycles. The van der Waals surface area contributed by atoms with Crippen molar-refractivity contribution in [2.45, 2.75) is 12.3 Å². The lowest BCUT2D eigenvalue weighted by Gasteiger charge is -2.15. The van der Waals surface area contributed by atoms with E-state index in [0.717, 1.165) is 11.6 Å². The SMILES string of the molecule is Clc1nccc2c1=CC(c1ccc3[nH]ccc3c1)CC=2. The summed E-state index contributed by atoms with van der Waals surface area (Å²) in [6.45, 7) is 0. The minimum atomic E-state index is 0.364. The van der Waals surface area contributed by atoms with Crippen molar-refractivity contribution in [2.24, 2.45) is 0 Å². The van der Waals surface area contributed by atoms with E-state index in [4.69, 9.17) is 11.6 Å². The monoisotopic (exact) mass is 280 g/mol. The van der Waals surface area contributed by atoms with Crippen molar-refractivity contribution in [3.8, 4) is 0 Å². The Kier molecular flexibility index (Phi) is 2.64. The summed E-state index contributed by atoms with van der Waals surface area (Å²) in [5, 5.41) is 4.08. The van der Waals surface area contributed by atoms with Crippen molar-refractivity contribution in [2.75, 3.05) is 0 Å². The molecule has 0 saturated carbocycles. The standard InChI is InChI=1S/C17H13ClN2/c18-17-15-10-13(2-1-11(15)5-8-20-17)12-3-4-16-14(9-12)6-7-19-16/h1,3-10,13,19H,2H2. The molecule has 1 aliphatic rings. The number of benzene rings is 1. The molecule has 1 atom stereocenters. The van der Waals surface area contributed by atoms with Gasteiger partial charge < -0.3 is 4.98 Å². The molecule has 1 aromatic carbocycles. The Labute approximate surface area is 121 Å². The molecule has 0 aliphatic heterocycles. The van der Waals surface area contributed by atoms with Crippen LogP contribution in [0.25, 0.3) is 23.1 Å². The van der Waals surface area contributed by atoms with Crippen LogP contribution in [0.5, 0.6) is 0 Å². The van der Waals surface area contributed by atoms with E-state index in [1.165, 1.54) is 21.7 Å². The van der Waals surface area contributed by atoms with E-state index < -0.39 is 0 Å². The number of hydrogen-bond acceptors (Lipinski definition) is 1. The number of fused-ring (bicyclic) bond motifs is 2. The van der Waals surface area contributed by atoms with Crippen molar-refractivity contribution in [3.05, 3.63) is 63.9 Å². The normalized spacial score (nSPS) is 17.4. The molecule has 1 unspecified atom stereocenters. The van der Waals surface area contributed by atoms with E-state index in [9.17, 15) is 0 Å². The van der Waals surface area contributed by atoms with Gasteiger partial charge in [-0.1, -0.05) is 29.8 Å². The molecule has 20 heavy (non-hydrogen) atoms. The maximum atomic E-state index is 6.21. The van der Waals surface area contributed by atoms with Gasteiger partial charge in [0.2, 0.25) is 0 Å². The Morgan fingerprint density at radius 1 is 1.20 bits per heavy atom. The fourth-order valence-corrected chi connectivity index (χ4v) is 3.09. The molecule has 0 amide bonds. The first kappa shape index (κ1) is 11.7. The van der Waals surface area contributed by atoms with Gasteiger partial charge in [-0.3, -0.25) is 0 Å². The Bertz CT molecular complexity index is 908. The summed E-state index contributed by atoms with van der Waals surface area (Å²) >= 11 is 6.21. The molecule has 2 nitrogen and oxygen atoms in total. The first-order valence-electron chi connectivity index (χ1n) is 6.71. The third-order valence-electron chi connectivity index (χ3n) is 3.94. The molecule has 0 bridgehead atoms. The lowest BCUT2D eigenvalue weighted by molar-refractivity contribution is 0.920. The van der Waals surface area contributed by atoms with E-state index >= 15 is 0 Å². The third kappa shape index (κ3) is 1.84. The number of pyridine rings is 1. The quantitative estimate of drug-likeness (QED) is 0.682. The van der Waals surface area contributed by atoms with Crippen LogP contribution < -0.4 is 10.4 Å². The summed E-state index contributed by atoms with van der Waals surface area (Å²) in [7, 11) is 0. The fourth-order valence-electron chi connectivity index (χ4n) is 2.86. The predicted octanol–water partition coefficient (Wildman–Crippen LogP) is 2.96. The number of nitrogens with zero attached hydrogens (tertiary/aromatic N) is 1. The molecular weight excluding hydrogens is 268 g/mol. The number of hydrogen-bond donors (Lipinski definition) is 1. The van der Waals surface area contributed by atoms with Crippen LogP contribution in [-0.2, 0) is 0 Å². The van der Waals surface area contributed by atoms with E-state index in [1.807, 2.05) is 12.3 Å². The van der Waals surface area contributed by atoms with Gasteiger partial charge in [0.1, 0.15) is 5.15 Å². The fraction of sp³-hybridized carbons (Fsp3) is 0.118. The van der Waals surface area contributed by atoms with E-state index in [0.29, 0.717) is 11.1 Å². The molecule has 2 aromatic heterocycles. The van der Waals surface area contributed by atoms with Crippen LogP contribution in [0.2, 0.25) is 5.15 Å². The highest BCUT2D eigenvalue weighted by atomic mass is 35.5. The van der Waals surface area contributed by atoms with Gasteiger partial charge in [-0.05, 0) is 46.9 Å². The molecule has 3 heteroatoms. The second-order valence-corrected chi connectivity index (χ2v) is 5.50. The molecule has 1 N–H and O–H groups in total. The number of aromatic nitrogens is 2. The second kappa shape index (κ2) is 4.50. The van der Waals surface area contributed by atoms with Gasteiger partial charge in [-0.2, -0.15) is 0 Å². The second-order valence-electron chi connectivity index (χ2n) is 5.14. The van der Waals surface area contributed by atoms with Gasteiger partial charge in [0.05, 0.1) is 0 Å². The van der Waals surface area contributed by atoms with E-state index in [1.54, 1.807) is 6.20 Å². The lowest BCUT2D eigenvalue weighted by atomic mass is 9.90. The van der Waals surface area contributed by atoms with Crippen LogP contribution in [-0.4, -0.2) is 9.97 Å². The number of nitrogens with one attached hydrogen (secondary N) is 1. The molecule has 3 aromatic rings. The zero-order valence-corrected chi connectivity index (χ0v) is 11.6. The van der Waals surface area contributed by atoms with Gasteiger partial charge in [0.25, 0.3) is 0 Å². The van der Waals surface area contributed by atoms with Gasteiger partial charge in [-0.15, -0.1) is 0 Å². The van der Waals surface area contributed by atoms with Gasteiger partial charge in [0.15, 0.2) is 0 Å². The van der Waals surface area contributed by atoms with Crippen molar-refractivity contribution < 1.29 is 0 Å². The Balaban J connectivity index is 1.86. The highest BCUT2D eigenvalue weighted by Gasteiger charge is 2.12. The van der Waals surface area contributed by atoms with Crippen LogP contribution in [0, 0.1) is 0 Å². The summed E-state index contributed by atoms with van der Waals surface area (Å²) in [6.07, 6.45) is 9.22. The molecule has 2 heterocycles. The summed E-state index contributed by atoms with van der Waals surface area (Å²) in [4.78, 5) is 7.40. The predicted molar refractivity (Wildman–Crippen MR) is 83.1 cm³/mol. The number of halogens is 1. The smallest absolute Gasteiger partial charge is 0.136 e. The maximum Gasteiger partial charge on any atom is 0.136 e. The largest absolute Gasteiger partial charge is 0.361 e. The minimum Gasteiger partial charge on any atom is -0.361 e. The third-order valence-corrected chi connectivity index (χ3v) is 4.24. The van der Waals surface area contributed by atoms with Gasteiger partial charge in [-0.25, -0.2) is 4.98 Å². The Morgan fingerprint density at radius 2 is 2.15 bits per heavy atom. The van der Waals surface area contributed by atoms with E-state index in [-0.39, 0.29) is 0 Å². The van der Waals surface area contributed by atoms with Crippen LogP contribution in [0.3, 0.4) is 0 Å². The molecule has 0 radical (unpaired) electrons. The average molecular weight is 281 g/mol. The molecule has 0 spiro atoms. The summed E-state index contributed by atoms with van der Waals surface area (Å²) in [6, 6.07) is 10.7. The first-order valence-corrected chi connectivity index (χ1v) is 7.09. The number of H-pyrrole nitrogens is 1. The highest BCUT2D eigenvalue weighted by Crippen LogP contribution is 2.26. The average Bonchev–Trinajstić information content (AvgIpc) is 2.95. The first-order chi connectivity index (χ1) is 9.81. The molecule has 1 aliphatic carbocycles. The number of rotatable bonds is 1. The molecule has 0 fully saturated rings. The van der Waals surface area contributed by atoms with Gasteiger partial charge in [0, 0.05) is 29.0 Å². The molecular formula is C17H13ClN2. The summed E-state index contributed by atoms with van der Waals surface area (Å²) < 4.78 is 0. The van der Waals surface area contributed by atoms with Crippen molar-refractivity contribution in [1.29, 1.82) is 0 Å². The Morgan fingerprint density at radius 3 is 3.10 bits per heavy atom. The maximum absolute atomic E-state index is 6.21. The molecule has 98 valence electrons. The van der Waals surface area contributed by atoms with Crippen molar-refractivity contribution in [1.82, 2.24) is 9.97 Å². The highest BCUT2D eigenvalue weighted by molar-refractivity contribution is 6.29.